The Morgan fingerprint density at radius 1 is 1.12 bits per heavy atom. The van der Waals surface area contributed by atoms with Gasteiger partial charge in [0.2, 0.25) is 0 Å². The molecule has 0 aliphatic carbocycles. The van der Waals surface area contributed by atoms with E-state index in [1.54, 1.807) is 0 Å². The largest absolute Gasteiger partial charge is 0.312 e. The number of hydrogen-bond donors (Lipinski definition) is 1. The Morgan fingerprint density at radius 3 is 2.31 bits per heavy atom. The van der Waals surface area contributed by atoms with Gasteiger partial charge in [-0.3, -0.25) is 4.90 Å². The van der Waals surface area contributed by atoms with E-state index in [2.05, 4.69) is 44.8 Å². The quantitative estimate of drug-likeness (QED) is 0.792. The zero-order valence-electron chi connectivity index (χ0n) is 11.8. The summed E-state index contributed by atoms with van der Waals surface area (Å²) in [6, 6.07) is 2.86. The van der Waals surface area contributed by atoms with Crippen LogP contribution in [0.3, 0.4) is 0 Å². The molecule has 16 heavy (non-hydrogen) atoms. The van der Waals surface area contributed by atoms with E-state index < -0.39 is 0 Å². The summed E-state index contributed by atoms with van der Waals surface area (Å²) in [4.78, 5) is 2.70. The van der Waals surface area contributed by atoms with Crippen LogP contribution in [0, 0.1) is 0 Å². The molecule has 2 nitrogen and oxygen atoms in total. The maximum absolute atomic E-state index is 3.70. The molecule has 1 N–H and O–H groups in total. The molecule has 96 valence electrons. The molecule has 2 heteroatoms. The summed E-state index contributed by atoms with van der Waals surface area (Å²) in [5, 5.41) is 3.70. The van der Waals surface area contributed by atoms with Crippen LogP contribution in [0.1, 0.15) is 60.3 Å². The van der Waals surface area contributed by atoms with Gasteiger partial charge in [-0.2, -0.15) is 0 Å². The van der Waals surface area contributed by atoms with Crippen LogP contribution in [-0.4, -0.2) is 35.6 Å². The topological polar surface area (TPSA) is 15.3 Å². The predicted molar refractivity (Wildman–Crippen MR) is 71.8 cm³/mol. The van der Waals surface area contributed by atoms with Gasteiger partial charge in [0.1, 0.15) is 0 Å². The van der Waals surface area contributed by atoms with Crippen molar-refractivity contribution in [1.29, 1.82) is 0 Å². The molecule has 0 spiro atoms. The highest BCUT2D eigenvalue weighted by Gasteiger charge is 2.25. The Morgan fingerprint density at radius 2 is 1.81 bits per heavy atom. The molecule has 1 fully saturated rings. The van der Waals surface area contributed by atoms with Gasteiger partial charge < -0.3 is 5.32 Å². The fourth-order valence-electron chi connectivity index (χ4n) is 2.95. The van der Waals surface area contributed by atoms with Crippen molar-refractivity contribution in [2.75, 3.05) is 6.54 Å². The fraction of sp³-hybridized carbons (Fsp3) is 1.00. The smallest absolute Gasteiger partial charge is 0.00959 e. The van der Waals surface area contributed by atoms with Crippen LogP contribution in [0.2, 0.25) is 0 Å². The summed E-state index contributed by atoms with van der Waals surface area (Å²) < 4.78 is 0. The van der Waals surface area contributed by atoms with Crippen LogP contribution < -0.4 is 5.32 Å². The Balaban J connectivity index is 2.53. The van der Waals surface area contributed by atoms with E-state index in [9.17, 15) is 0 Å². The van der Waals surface area contributed by atoms with Crippen molar-refractivity contribution in [2.45, 2.75) is 84.5 Å². The Bertz CT molecular complexity index is 189. The highest BCUT2D eigenvalue weighted by Crippen LogP contribution is 2.21. The third-order valence-electron chi connectivity index (χ3n) is 3.76. The van der Waals surface area contributed by atoms with Gasteiger partial charge in [-0.25, -0.2) is 0 Å². The van der Waals surface area contributed by atoms with E-state index in [4.69, 9.17) is 0 Å². The summed E-state index contributed by atoms with van der Waals surface area (Å²) in [7, 11) is 0. The van der Waals surface area contributed by atoms with E-state index >= 15 is 0 Å². The minimum Gasteiger partial charge on any atom is -0.312 e. The summed E-state index contributed by atoms with van der Waals surface area (Å²) in [6.07, 6.45) is 5.32. The van der Waals surface area contributed by atoms with Crippen molar-refractivity contribution in [2.24, 2.45) is 0 Å². The van der Waals surface area contributed by atoms with Crippen LogP contribution >= 0.6 is 0 Å². The van der Waals surface area contributed by atoms with Gasteiger partial charge in [-0.05, 0) is 39.5 Å². The van der Waals surface area contributed by atoms with Crippen molar-refractivity contribution >= 4 is 0 Å². The van der Waals surface area contributed by atoms with Crippen molar-refractivity contribution in [1.82, 2.24) is 10.2 Å². The van der Waals surface area contributed by atoms with E-state index in [0.29, 0.717) is 12.1 Å². The predicted octanol–water partition coefficient (Wildman–Crippen LogP) is 3.03. The zero-order valence-corrected chi connectivity index (χ0v) is 11.8. The molecular formula is C14H30N2. The van der Waals surface area contributed by atoms with Crippen LogP contribution in [0.5, 0.6) is 0 Å². The lowest BCUT2D eigenvalue weighted by Crippen LogP contribution is -2.40. The number of rotatable bonds is 4. The highest BCUT2D eigenvalue weighted by molar-refractivity contribution is 4.83. The van der Waals surface area contributed by atoms with Crippen molar-refractivity contribution < 1.29 is 0 Å². The normalized spacial score (nSPS) is 28.7. The van der Waals surface area contributed by atoms with Crippen LogP contribution in [0.4, 0.5) is 0 Å². The van der Waals surface area contributed by atoms with Gasteiger partial charge in [0.25, 0.3) is 0 Å². The Kier molecular flexibility index (Phi) is 5.77. The number of likely N-dealkylation sites (tertiary alicyclic amines) is 1. The maximum atomic E-state index is 3.70. The van der Waals surface area contributed by atoms with Gasteiger partial charge >= 0.3 is 0 Å². The van der Waals surface area contributed by atoms with Gasteiger partial charge in [0.05, 0.1) is 0 Å². The average Bonchev–Trinajstić information content (AvgIpc) is 2.39. The first kappa shape index (κ1) is 14.0. The van der Waals surface area contributed by atoms with Crippen molar-refractivity contribution in [3.05, 3.63) is 0 Å². The van der Waals surface area contributed by atoms with Gasteiger partial charge in [0.15, 0.2) is 0 Å². The molecule has 0 amide bonds. The van der Waals surface area contributed by atoms with Crippen LogP contribution in [0.25, 0.3) is 0 Å². The van der Waals surface area contributed by atoms with E-state index in [0.717, 1.165) is 12.1 Å². The summed E-state index contributed by atoms with van der Waals surface area (Å²) >= 11 is 0. The molecule has 0 aromatic heterocycles. The molecule has 0 aromatic rings. The highest BCUT2D eigenvalue weighted by atomic mass is 15.2. The SMILES string of the molecule is CCC1CCC(NC(C)C)CCN1C(C)C. The first-order valence-electron chi connectivity index (χ1n) is 7.06. The first-order chi connectivity index (χ1) is 7.54. The van der Waals surface area contributed by atoms with Gasteiger partial charge in [-0.15, -0.1) is 0 Å². The second kappa shape index (κ2) is 6.61. The van der Waals surface area contributed by atoms with Crippen molar-refractivity contribution in [3.63, 3.8) is 0 Å². The number of nitrogens with zero attached hydrogens (tertiary/aromatic N) is 1. The summed E-state index contributed by atoms with van der Waals surface area (Å²) in [5.41, 5.74) is 0. The summed E-state index contributed by atoms with van der Waals surface area (Å²) in [6.45, 7) is 12.8. The number of nitrogens with one attached hydrogen (secondary N) is 1. The molecule has 1 rings (SSSR count). The second-order valence-corrected chi connectivity index (χ2v) is 5.78. The number of hydrogen-bond acceptors (Lipinski definition) is 2. The molecule has 0 bridgehead atoms. The van der Waals surface area contributed by atoms with Gasteiger partial charge in [0, 0.05) is 30.7 Å². The van der Waals surface area contributed by atoms with Crippen molar-refractivity contribution in [3.8, 4) is 0 Å². The Hall–Kier alpha value is -0.0800. The summed E-state index contributed by atoms with van der Waals surface area (Å²) in [5.74, 6) is 0. The van der Waals surface area contributed by atoms with Crippen LogP contribution in [0.15, 0.2) is 0 Å². The molecule has 1 saturated heterocycles. The second-order valence-electron chi connectivity index (χ2n) is 5.78. The molecule has 2 atom stereocenters. The molecule has 0 radical (unpaired) electrons. The lowest BCUT2D eigenvalue weighted by molar-refractivity contribution is 0.152. The zero-order chi connectivity index (χ0) is 12.1. The minimum absolute atomic E-state index is 0.621. The van der Waals surface area contributed by atoms with Gasteiger partial charge in [-0.1, -0.05) is 20.8 Å². The van der Waals surface area contributed by atoms with E-state index in [1.165, 1.54) is 32.2 Å². The average molecular weight is 226 g/mol. The molecule has 2 unspecified atom stereocenters. The van der Waals surface area contributed by atoms with E-state index in [1.807, 2.05) is 0 Å². The molecule has 1 aliphatic rings. The fourth-order valence-corrected chi connectivity index (χ4v) is 2.95. The minimum atomic E-state index is 0.621. The maximum Gasteiger partial charge on any atom is 0.00959 e. The monoisotopic (exact) mass is 226 g/mol. The third kappa shape index (κ3) is 4.06. The third-order valence-corrected chi connectivity index (χ3v) is 3.76. The molecule has 0 saturated carbocycles. The lowest BCUT2D eigenvalue weighted by Gasteiger charge is -2.32. The first-order valence-corrected chi connectivity index (χ1v) is 7.06. The lowest BCUT2D eigenvalue weighted by atomic mass is 10.0. The standard InChI is InChI=1S/C14H30N2/c1-6-14-8-7-13(15-11(2)3)9-10-16(14)12(4)5/h11-15H,6-10H2,1-5H3. The molecule has 1 aliphatic heterocycles. The molecule has 0 aromatic carbocycles. The van der Waals surface area contributed by atoms with Crippen LogP contribution in [-0.2, 0) is 0 Å². The van der Waals surface area contributed by atoms with E-state index in [-0.39, 0.29) is 0 Å². The Labute approximate surface area is 102 Å². The molecular weight excluding hydrogens is 196 g/mol. The molecule has 1 heterocycles.